The van der Waals surface area contributed by atoms with Gasteiger partial charge in [-0.2, -0.15) is 0 Å². The van der Waals surface area contributed by atoms with E-state index in [0.29, 0.717) is 24.1 Å². The summed E-state index contributed by atoms with van der Waals surface area (Å²) in [6.07, 6.45) is 3.32. The minimum atomic E-state index is -0.200. The number of carbonyl (C=O) groups is 2. The number of benzene rings is 2. The monoisotopic (exact) mass is 403 g/mol. The van der Waals surface area contributed by atoms with E-state index in [-0.39, 0.29) is 17.9 Å². The first-order valence-corrected chi connectivity index (χ1v) is 10.2. The maximum atomic E-state index is 12.6. The number of aryl methyl sites for hydroxylation is 1. The first-order valence-electron chi connectivity index (χ1n) is 10.2. The van der Waals surface area contributed by atoms with Gasteiger partial charge in [0.25, 0.3) is 11.8 Å². The lowest BCUT2D eigenvalue weighted by atomic mass is 10.1. The number of pyridine rings is 1. The van der Waals surface area contributed by atoms with Crippen LogP contribution in [0.4, 0.5) is 5.69 Å². The second-order valence-electron chi connectivity index (χ2n) is 7.64. The zero-order chi connectivity index (χ0) is 21.3. The van der Waals surface area contributed by atoms with E-state index < -0.39 is 0 Å². The van der Waals surface area contributed by atoms with Gasteiger partial charge in [0.1, 0.15) is 5.75 Å². The Kier molecular flexibility index (Phi) is 5.40. The van der Waals surface area contributed by atoms with Crippen molar-refractivity contribution in [2.24, 2.45) is 0 Å². The highest BCUT2D eigenvalue weighted by Crippen LogP contribution is 2.30. The van der Waals surface area contributed by atoms with E-state index in [0.717, 1.165) is 34.3 Å². The fourth-order valence-electron chi connectivity index (χ4n) is 3.97. The summed E-state index contributed by atoms with van der Waals surface area (Å²) in [6, 6.07) is 12.8. The van der Waals surface area contributed by atoms with E-state index in [1.54, 1.807) is 37.6 Å². The lowest BCUT2D eigenvalue weighted by Crippen LogP contribution is -2.38. The molecule has 6 nitrogen and oxygen atoms in total. The average Bonchev–Trinajstić information content (AvgIpc) is 3.02. The number of fused-ring (bicyclic) bond motifs is 2. The van der Waals surface area contributed by atoms with Gasteiger partial charge in [-0.15, -0.1) is 0 Å². The quantitative estimate of drug-likeness (QED) is 0.467. The third-order valence-corrected chi connectivity index (χ3v) is 5.65. The van der Waals surface area contributed by atoms with Crippen LogP contribution in [-0.2, 0) is 0 Å². The van der Waals surface area contributed by atoms with Crippen molar-refractivity contribution in [1.29, 1.82) is 0 Å². The molecule has 0 spiro atoms. The van der Waals surface area contributed by atoms with Crippen LogP contribution in [0.1, 0.15) is 46.0 Å². The number of imide groups is 1. The van der Waals surface area contributed by atoms with Crippen LogP contribution in [0.25, 0.3) is 10.9 Å². The molecular formula is C24H25N3O3. The molecule has 0 aliphatic carbocycles. The van der Waals surface area contributed by atoms with Gasteiger partial charge in [0.05, 0.1) is 29.4 Å². The number of carbonyl (C=O) groups excluding carboxylic acids is 2. The molecule has 0 saturated heterocycles. The molecule has 0 radical (unpaired) electrons. The zero-order valence-electron chi connectivity index (χ0n) is 17.4. The van der Waals surface area contributed by atoms with Crippen LogP contribution in [0.2, 0.25) is 0 Å². The van der Waals surface area contributed by atoms with Gasteiger partial charge in [-0.25, -0.2) is 0 Å². The van der Waals surface area contributed by atoms with Crippen molar-refractivity contribution in [2.75, 3.05) is 19.0 Å². The molecule has 1 aliphatic heterocycles. The van der Waals surface area contributed by atoms with Crippen LogP contribution in [-0.4, -0.2) is 41.4 Å². The summed E-state index contributed by atoms with van der Waals surface area (Å²) in [5.41, 5.74) is 3.96. The second-order valence-corrected chi connectivity index (χ2v) is 7.64. The molecule has 0 saturated carbocycles. The van der Waals surface area contributed by atoms with Crippen molar-refractivity contribution < 1.29 is 14.3 Å². The Labute approximate surface area is 175 Å². The molecule has 1 aliphatic rings. The van der Waals surface area contributed by atoms with Crippen molar-refractivity contribution in [1.82, 2.24) is 9.88 Å². The summed E-state index contributed by atoms with van der Waals surface area (Å²) < 4.78 is 5.43. The highest BCUT2D eigenvalue weighted by molar-refractivity contribution is 6.21. The summed E-state index contributed by atoms with van der Waals surface area (Å²) >= 11 is 0. The highest BCUT2D eigenvalue weighted by atomic mass is 16.5. The Morgan fingerprint density at radius 1 is 1.10 bits per heavy atom. The normalized spacial score (nSPS) is 14.2. The smallest absolute Gasteiger partial charge is 0.261 e. The number of rotatable bonds is 7. The summed E-state index contributed by atoms with van der Waals surface area (Å²) in [6.45, 7) is 4.68. The van der Waals surface area contributed by atoms with Crippen LogP contribution in [0.3, 0.4) is 0 Å². The number of methoxy groups -OCH3 is 1. The fourth-order valence-corrected chi connectivity index (χ4v) is 3.97. The highest BCUT2D eigenvalue weighted by Gasteiger charge is 2.37. The minimum Gasteiger partial charge on any atom is -0.497 e. The molecular weight excluding hydrogens is 378 g/mol. The van der Waals surface area contributed by atoms with Gasteiger partial charge in [0, 0.05) is 30.2 Å². The third kappa shape index (κ3) is 3.49. The largest absolute Gasteiger partial charge is 0.497 e. The van der Waals surface area contributed by atoms with Gasteiger partial charge in [0.15, 0.2) is 0 Å². The lowest BCUT2D eigenvalue weighted by molar-refractivity contribution is 0.0589. The Balaban J connectivity index is 1.41. The number of ether oxygens (including phenoxy) is 1. The topological polar surface area (TPSA) is 71.5 Å². The van der Waals surface area contributed by atoms with Gasteiger partial charge < -0.3 is 10.1 Å². The van der Waals surface area contributed by atoms with Crippen molar-refractivity contribution in [3.63, 3.8) is 0 Å². The van der Waals surface area contributed by atoms with Crippen molar-refractivity contribution in [2.45, 2.75) is 32.7 Å². The molecule has 0 fully saturated rings. The molecule has 1 N–H and O–H groups in total. The van der Waals surface area contributed by atoms with E-state index in [4.69, 9.17) is 4.74 Å². The number of nitrogens with one attached hydrogen (secondary N) is 1. The fraction of sp³-hybridized carbons (Fsp3) is 0.292. The third-order valence-electron chi connectivity index (χ3n) is 5.65. The maximum absolute atomic E-state index is 12.6. The summed E-state index contributed by atoms with van der Waals surface area (Å²) in [7, 11) is 1.65. The van der Waals surface area contributed by atoms with Gasteiger partial charge in [0.2, 0.25) is 0 Å². The molecule has 30 heavy (non-hydrogen) atoms. The van der Waals surface area contributed by atoms with Crippen LogP contribution in [0, 0.1) is 6.92 Å². The Morgan fingerprint density at radius 3 is 2.47 bits per heavy atom. The van der Waals surface area contributed by atoms with Gasteiger partial charge in [-0.3, -0.25) is 19.5 Å². The number of amides is 2. The maximum Gasteiger partial charge on any atom is 0.261 e. The molecule has 154 valence electrons. The van der Waals surface area contributed by atoms with E-state index in [1.165, 1.54) is 4.90 Å². The van der Waals surface area contributed by atoms with Crippen molar-refractivity contribution in [3.05, 3.63) is 65.4 Å². The summed E-state index contributed by atoms with van der Waals surface area (Å²) in [5.74, 6) is 0.379. The summed E-state index contributed by atoms with van der Waals surface area (Å²) in [4.78, 5) is 31.1. The number of nitrogens with zero attached hydrogens (tertiary/aromatic N) is 2. The van der Waals surface area contributed by atoms with Gasteiger partial charge in [-0.1, -0.05) is 12.1 Å². The molecule has 6 heteroatoms. The standard InChI is InChI=1S/C24H25N3O3/c1-15-10-12-26-22-20(15)13-17(30-3)14-21(22)25-11-6-7-16(2)27-23(28)18-8-4-5-9-19(18)24(27)29/h4-5,8-10,12-14,16,25H,6-7,11H2,1-3H3. The van der Waals surface area contributed by atoms with E-state index in [1.807, 2.05) is 25.1 Å². The number of aromatic nitrogens is 1. The molecule has 1 unspecified atom stereocenters. The van der Waals surface area contributed by atoms with Crippen molar-refractivity contribution in [3.8, 4) is 5.75 Å². The second kappa shape index (κ2) is 8.14. The SMILES string of the molecule is COc1cc(NCCCC(C)N2C(=O)c3ccccc3C2=O)c2nccc(C)c2c1. The van der Waals surface area contributed by atoms with Gasteiger partial charge in [-0.05, 0) is 56.5 Å². The molecule has 3 aromatic rings. The van der Waals surface area contributed by atoms with Crippen LogP contribution in [0.15, 0.2) is 48.7 Å². The van der Waals surface area contributed by atoms with Crippen molar-refractivity contribution >= 4 is 28.4 Å². The summed E-state index contributed by atoms with van der Waals surface area (Å²) in [5, 5.41) is 4.50. The van der Waals surface area contributed by atoms with E-state index in [9.17, 15) is 9.59 Å². The lowest BCUT2D eigenvalue weighted by Gasteiger charge is -2.22. The predicted octanol–water partition coefficient (Wildman–Crippen LogP) is 4.43. The zero-order valence-corrected chi connectivity index (χ0v) is 17.4. The molecule has 0 bridgehead atoms. The number of hydrogen-bond donors (Lipinski definition) is 1. The molecule has 2 amide bonds. The Bertz CT molecular complexity index is 1090. The van der Waals surface area contributed by atoms with E-state index >= 15 is 0 Å². The number of anilines is 1. The van der Waals surface area contributed by atoms with Gasteiger partial charge >= 0.3 is 0 Å². The predicted molar refractivity (Wildman–Crippen MR) is 117 cm³/mol. The molecule has 1 aromatic heterocycles. The number of hydrogen-bond acceptors (Lipinski definition) is 5. The van der Waals surface area contributed by atoms with Crippen LogP contribution in [0.5, 0.6) is 5.75 Å². The molecule has 2 aromatic carbocycles. The van der Waals surface area contributed by atoms with E-state index in [2.05, 4.69) is 17.2 Å². The molecule has 2 heterocycles. The average molecular weight is 403 g/mol. The Hall–Kier alpha value is -3.41. The first kappa shape index (κ1) is 19.9. The van der Waals surface area contributed by atoms with Crippen LogP contribution >= 0.6 is 0 Å². The van der Waals surface area contributed by atoms with Crippen LogP contribution < -0.4 is 10.1 Å². The first-order chi connectivity index (χ1) is 14.5. The Morgan fingerprint density at radius 2 is 1.80 bits per heavy atom. The molecule has 4 rings (SSSR count). The minimum absolute atomic E-state index is 0.165. The molecule has 1 atom stereocenters.